The van der Waals surface area contributed by atoms with Crippen molar-refractivity contribution in [3.05, 3.63) is 20.8 Å². The van der Waals surface area contributed by atoms with Gasteiger partial charge in [-0.1, -0.05) is 6.92 Å². The van der Waals surface area contributed by atoms with Gasteiger partial charge in [0.05, 0.1) is 9.35 Å². The highest BCUT2D eigenvalue weighted by Gasteiger charge is 2.28. The van der Waals surface area contributed by atoms with Gasteiger partial charge in [0.15, 0.2) is 0 Å². The molecule has 2 rings (SSSR count). The number of rotatable bonds is 2. The molecule has 102 valence electrons. The van der Waals surface area contributed by atoms with Crippen LogP contribution in [0.15, 0.2) is 15.2 Å². The summed E-state index contributed by atoms with van der Waals surface area (Å²) < 4.78 is 0.991. The number of carbonyl (C=O) groups excluding carboxylic acids is 1. The van der Waals surface area contributed by atoms with Gasteiger partial charge in [-0.15, -0.1) is 23.7 Å². The first-order chi connectivity index (χ1) is 8.08. The highest BCUT2D eigenvalue weighted by Crippen LogP contribution is 2.22. The van der Waals surface area contributed by atoms with E-state index in [9.17, 15) is 4.79 Å². The van der Waals surface area contributed by atoms with Crippen LogP contribution in [0.5, 0.6) is 0 Å². The van der Waals surface area contributed by atoms with Gasteiger partial charge >= 0.3 is 0 Å². The molecule has 3 atom stereocenters. The molecule has 1 amide bonds. The van der Waals surface area contributed by atoms with Crippen molar-refractivity contribution in [3.8, 4) is 0 Å². The molecule has 1 fully saturated rings. The number of hydrogen-bond acceptors (Lipinski definition) is 3. The summed E-state index contributed by atoms with van der Waals surface area (Å²) in [5.41, 5.74) is 0.742. The molecule has 1 saturated heterocycles. The molecule has 0 aromatic carbocycles. The molecule has 1 aromatic heterocycles. The maximum atomic E-state index is 12.1. The van der Waals surface area contributed by atoms with Crippen LogP contribution >= 0.6 is 39.7 Å². The Morgan fingerprint density at radius 3 is 2.83 bits per heavy atom. The molecule has 3 nitrogen and oxygen atoms in total. The smallest absolute Gasteiger partial charge is 0.252 e. The van der Waals surface area contributed by atoms with E-state index >= 15 is 0 Å². The molecule has 0 bridgehead atoms. The minimum absolute atomic E-state index is 0. The largest absolute Gasteiger partial charge is 0.347 e. The van der Waals surface area contributed by atoms with Crippen molar-refractivity contribution in [1.82, 2.24) is 10.6 Å². The Bertz CT molecular complexity index is 403. The van der Waals surface area contributed by atoms with Crippen LogP contribution in [-0.4, -0.2) is 24.5 Å². The van der Waals surface area contributed by atoms with Gasteiger partial charge in [-0.25, -0.2) is 0 Å². The minimum atomic E-state index is 0. The average Bonchev–Trinajstić information content (AvgIpc) is 2.70. The second kappa shape index (κ2) is 6.89. The molecule has 0 radical (unpaired) electrons. The molecule has 0 spiro atoms. The number of thiophene rings is 1. The van der Waals surface area contributed by atoms with Crippen LogP contribution in [0, 0.1) is 5.92 Å². The highest BCUT2D eigenvalue weighted by atomic mass is 79.9. The first-order valence-electron chi connectivity index (χ1n) is 5.86. The Labute approximate surface area is 126 Å². The Kier molecular flexibility index (Phi) is 6.11. The highest BCUT2D eigenvalue weighted by molar-refractivity contribution is 9.11. The Balaban J connectivity index is 0.00000162. The summed E-state index contributed by atoms with van der Waals surface area (Å²) in [6.07, 6.45) is 1.11. The molecular formula is C12H18BrClN2OS. The first kappa shape index (κ1) is 16.0. The van der Waals surface area contributed by atoms with Crippen molar-refractivity contribution in [2.24, 2.45) is 5.92 Å². The lowest BCUT2D eigenvalue weighted by molar-refractivity contribution is 0.0898. The predicted octanol–water partition coefficient (Wildman–Crippen LogP) is 3.05. The van der Waals surface area contributed by atoms with Crippen LogP contribution in [-0.2, 0) is 0 Å². The van der Waals surface area contributed by atoms with Gasteiger partial charge in [-0.3, -0.25) is 4.79 Å². The van der Waals surface area contributed by atoms with E-state index in [1.165, 1.54) is 11.3 Å². The number of carbonyl (C=O) groups is 1. The summed E-state index contributed by atoms with van der Waals surface area (Å²) in [5.74, 6) is 0.552. The van der Waals surface area contributed by atoms with Crippen molar-refractivity contribution in [2.75, 3.05) is 6.54 Å². The molecule has 1 aromatic rings. The third kappa shape index (κ3) is 3.70. The van der Waals surface area contributed by atoms with E-state index in [4.69, 9.17) is 0 Å². The van der Waals surface area contributed by atoms with Gasteiger partial charge in [0.2, 0.25) is 0 Å². The molecule has 18 heavy (non-hydrogen) atoms. The maximum absolute atomic E-state index is 12.1. The van der Waals surface area contributed by atoms with Gasteiger partial charge in [-0.05, 0) is 47.8 Å². The lowest BCUT2D eigenvalue weighted by Crippen LogP contribution is -2.55. The third-order valence-corrected chi connectivity index (χ3v) is 4.85. The van der Waals surface area contributed by atoms with E-state index in [1.54, 1.807) is 0 Å². The number of hydrogen-bond donors (Lipinski definition) is 2. The zero-order chi connectivity index (χ0) is 12.4. The standard InChI is InChI=1S/C12H17BrN2OS.ClH/c1-7-3-4-14-8(2)11(7)15-12(16)9-5-10(13)17-6-9;/h5-8,11,14H,3-4H2,1-2H3,(H,15,16);1H. The zero-order valence-corrected chi connectivity index (χ0v) is 13.6. The number of nitrogens with one attached hydrogen (secondary N) is 2. The van der Waals surface area contributed by atoms with Gasteiger partial charge in [0.25, 0.3) is 5.91 Å². The minimum Gasteiger partial charge on any atom is -0.347 e. The second-order valence-electron chi connectivity index (χ2n) is 4.65. The van der Waals surface area contributed by atoms with Crippen molar-refractivity contribution in [2.45, 2.75) is 32.4 Å². The summed E-state index contributed by atoms with van der Waals surface area (Å²) in [7, 11) is 0. The fraction of sp³-hybridized carbons (Fsp3) is 0.583. The number of halogens is 2. The molecule has 0 aliphatic carbocycles. The molecule has 6 heteroatoms. The summed E-state index contributed by atoms with van der Waals surface area (Å²) in [4.78, 5) is 12.1. The topological polar surface area (TPSA) is 41.1 Å². The zero-order valence-electron chi connectivity index (χ0n) is 10.4. The Morgan fingerprint density at radius 1 is 1.56 bits per heavy atom. The van der Waals surface area contributed by atoms with Gasteiger partial charge in [0, 0.05) is 17.5 Å². The average molecular weight is 354 g/mol. The van der Waals surface area contributed by atoms with Gasteiger partial charge < -0.3 is 10.6 Å². The molecule has 2 N–H and O–H groups in total. The first-order valence-corrected chi connectivity index (χ1v) is 7.53. The van der Waals surface area contributed by atoms with E-state index in [-0.39, 0.29) is 24.4 Å². The quantitative estimate of drug-likeness (QED) is 0.858. The molecule has 1 aliphatic heterocycles. The second-order valence-corrected chi connectivity index (χ2v) is 6.94. The van der Waals surface area contributed by atoms with Crippen LogP contribution in [0.2, 0.25) is 0 Å². The van der Waals surface area contributed by atoms with Crippen molar-refractivity contribution in [1.29, 1.82) is 0 Å². The van der Waals surface area contributed by atoms with E-state index in [0.29, 0.717) is 12.0 Å². The number of amides is 1. The van der Waals surface area contributed by atoms with E-state index in [1.807, 2.05) is 11.4 Å². The fourth-order valence-corrected chi connectivity index (χ4v) is 3.41. The molecule has 2 heterocycles. The van der Waals surface area contributed by atoms with E-state index in [2.05, 4.69) is 40.4 Å². The van der Waals surface area contributed by atoms with Crippen molar-refractivity contribution >= 4 is 45.6 Å². The molecular weight excluding hydrogens is 336 g/mol. The van der Waals surface area contributed by atoms with Crippen LogP contribution in [0.1, 0.15) is 30.6 Å². The van der Waals surface area contributed by atoms with Crippen LogP contribution in [0.25, 0.3) is 0 Å². The van der Waals surface area contributed by atoms with E-state index < -0.39 is 0 Å². The third-order valence-electron chi connectivity index (χ3n) is 3.35. The van der Waals surface area contributed by atoms with Crippen LogP contribution in [0.3, 0.4) is 0 Å². The van der Waals surface area contributed by atoms with Crippen molar-refractivity contribution < 1.29 is 4.79 Å². The lowest BCUT2D eigenvalue weighted by Gasteiger charge is -2.35. The Hall–Kier alpha value is -0.100. The summed E-state index contributed by atoms with van der Waals surface area (Å²) in [5, 5.41) is 8.42. The van der Waals surface area contributed by atoms with Crippen LogP contribution < -0.4 is 10.6 Å². The molecule has 3 unspecified atom stereocenters. The summed E-state index contributed by atoms with van der Waals surface area (Å²) in [6, 6.07) is 2.42. The van der Waals surface area contributed by atoms with Crippen LogP contribution in [0.4, 0.5) is 0 Å². The fourth-order valence-electron chi connectivity index (χ4n) is 2.27. The Morgan fingerprint density at radius 2 is 2.28 bits per heavy atom. The molecule has 1 aliphatic rings. The van der Waals surface area contributed by atoms with Crippen molar-refractivity contribution in [3.63, 3.8) is 0 Å². The monoisotopic (exact) mass is 352 g/mol. The van der Waals surface area contributed by atoms with E-state index in [0.717, 1.165) is 22.3 Å². The molecule has 0 saturated carbocycles. The maximum Gasteiger partial charge on any atom is 0.252 e. The summed E-state index contributed by atoms with van der Waals surface area (Å²) >= 11 is 4.91. The summed E-state index contributed by atoms with van der Waals surface area (Å²) in [6.45, 7) is 5.37. The normalized spacial score (nSPS) is 27.4. The SMILES string of the molecule is CC1CCNC(C)C1NC(=O)c1csc(Br)c1.Cl. The predicted molar refractivity (Wildman–Crippen MR) is 81.8 cm³/mol. The van der Waals surface area contributed by atoms with Gasteiger partial charge in [0.1, 0.15) is 0 Å². The lowest BCUT2D eigenvalue weighted by atomic mass is 9.89. The number of piperidine rings is 1. The van der Waals surface area contributed by atoms with Gasteiger partial charge in [-0.2, -0.15) is 0 Å².